The van der Waals surface area contributed by atoms with Gasteiger partial charge >= 0.3 is 11.9 Å². The van der Waals surface area contributed by atoms with Crippen LogP contribution in [0, 0.1) is 5.92 Å². The molecule has 152 valence electrons. The average molecular weight is 452 g/mol. The van der Waals surface area contributed by atoms with Crippen molar-refractivity contribution in [2.75, 3.05) is 7.11 Å². The minimum atomic E-state index is -0.726. The molecule has 7 heteroatoms. The first-order chi connectivity index (χ1) is 13.4. The lowest BCUT2D eigenvalue weighted by molar-refractivity contribution is -0.149. The molecule has 1 aromatic heterocycles. The van der Waals surface area contributed by atoms with E-state index in [-0.39, 0.29) is 18.9 Å². The molecular weight excluding hydrogens is 426 g/mol. The highest BCUT2D eigenvalue weighted by atomic mass is 79.9. The van der Waals surface area contributed by atoms with Crippen molar-refractivity contribution in [3.63, 3.8) is 0 Å². The summed E-state index contributed by atoms with van der Waals surface area (Å²) in [5, 5.41) is 3.11. The fourth-order valence-electron chi connectivity index (χ4n) is 2.79. The van der Waals surface area contributed by atoms with Crippen LogP contribution in [0.4, 0.5) is 0 Å². The summed E-state index contributed by atoms with van der Waals surface area (Å²) in [6.45, 7) is 4.20. The Morgan fingerprint density at radius 2 is 1.79 bits per heavy atom. The molecule has 0 amide bonds. The first-order valence-electron chi connectivity index (χ1n) is 9.17. The molecule has 0 bridgehead atoms. The molecule has 2 rings (SSSR count). The summed E-state index contributed by atoms with van der Waals surface area (Å²) >= 11 is 3.25. The summed E-state index contributed by atoms with van der Waals surface area (Å²) in [6.07, 6.45) is 0.793. The highest BCUT2D eigenvalue weighted by molar-refractivity contribution is 9.10. The van der Waals surface area contributed by atoms with Gasteiger partial charge in [-0.3, -0.25) is 14.9 Å². The van der Waals surface area contributed by atoms with Crippen molar-refractivity contribution in [2.45, 2.75) is 45.4 Å². The van der Waals surface area contributed by atoms with Crippen molar-refractivity contribution in [3.8, 4) is 0 Å². The zero-order chi connectivity index (χ0) is 20.5. The van der Waals surface area contributed by atoms with Crippen LogP contribution < -0.4 is 5.32 Å². The Morgan fingerprint density at radius 1 is 1.07 bits per heavy atom. The van der Waals surface area contributed by atoms with Crippen LogP contribution >= 0.6 is 15.9 Å². The maximum absolute atomic E-state index is 12.7. The lowest BCUT2D eigenvalue weighted by Gasteiger charge is -2.24. The second-order valence-electron chi connectivity index (χ2n) is 6.93. The molecule has 2 aromatic rings. The smallest absolute Gasteiger partial charge is 0.323 e. The Labute approximate surface area is 173 Å². The van der Waals surface area contributed by atoms with E-state index in [0.29, 0.717) is 16.9 Å². The van der Waals surface area contributed by atoms with E-state index in [4.69, 9.17) is 13.9 Å². The van der Waals surface area contributed by atoms with Gasteiger partial charge in [-0.1, -0.05) is 44.2 Å². The van der Waals surface area contributed by atoms with E-state index in [2.05, 4.69) is 21.2 Å². The molecule has 0 aliphatic rings. The van der Waals surface area contributed by atoms with Gasteiger partial charge in [-0.15, -0.1) is 0 Å². The number of carbonyl (C=O) groups excluding carboxylic acids is 2. The van der Waals surface area contributed by atoms with Gasteiger partial charge in [0.2, 0.25) is 0 Å². The normalized spacial score (nSPS) is 13.2. The number of carbonyl (C=O) groups is 2. The van der Waals surface area contributed by atoms with E-state index in [1.165, 1.54) is 7.11 Å². The summed E-state index contributed by atoms with van der Waals surface area (Å²) in [6, 6.07) is 11.6. The summed E-state index contributed by atoms with van der Waals surface area (Å²) in [5.74, 6) is -0.0160. The van der Waals surface area contributed by atoms with Gasteiger partial charge in [-0.25, -0.2) is 0 Å². The lowest BCUT2D eigenvalue weighted by atomic mass is 10.0. The number of nitrogens with one attached hydrogen (secondary N) is 1. The number of esters is 2. The van der Waals surface area contributed by atoms with Crippen LogP contribution in [-0.4, -0.2) is 31.1 Å². The largest absolute Gasteiger partial charge is 0.468 e. The van der Waals surface area contributed by atoms with Crippen LogP contribution in [0.25, 0.3) is 0 Å². The summed E-state index contributed by atoms with van der Waals surface area (Å²) < 4.78 is 16.4. The van der Waals surface area contributed by atoms with Crippen molar-refractivity contribution in [2.24, 2.45) is 5.92 Å². The van der Waals surface area contributed by atoms with E-state index in [1.807, 2.05) is 44.2 Å². The minimum absolute atomic E-state index is 0.184. The molecule has 0 aliphatic heterocycles. The summed E-state index contributed by atoms with van der Waals surface area (Å²) in [4.78, 5) is 24.9. The third-order valence-electron chi connectivity index (χ3n) is 4.14. The van der Waals surface area contributed by atoms with Crippen molar-refractivity contribution in [1.82, 2.24) is 5.32 Å². The Balaban J connectivity index is 2.07. The maximum Gasteiger partial charge on any atom is 0.323 e. The minimum Gasteiger partial charge on any atom is -0.468 e. The SMILES string of the molecule is COC(=O)[C@H](Cc1ccc(Br)o1)NC(CC(C)C)C(=O)OCc1ccccc1. The van der Waals surface area contributed by atoms with Crippen LogP contribution in [0.2, 0.25) is 0 Å². The fraction of sp³-hybridized carbons (Fsp3) is 0.429. The molecule has 0 aliphatic carbocycles. The molecule has 28 heavy (non-hydrogen) atoms. The molecule has 2 atom stereocenters. The predicted molar refractivity (Wildman–Crippen MR) is 109 cm³/mol. The van der Waals surface area contributed by atoms with E-state index in [0.717, 1.165) is 5.56 Å². The quantitative estimate of drug-likeness (QED) is 0.552. The van der Waals surface area contributed by atoms with Crippen molar-refractivity contribution in [1.29, 1.82) is 0 Å². The highest BCUT2D eigenvalue weighted by Gasteiger charge is 2.29. The van der Waals surface area contributed by atoms with Crippen molar-refractivity contribution in [3.05, 3.63) is 58.5 Å². The molecule has 0 spiro atoms. The van der Waals surface area contributed by atoms with E-state index < -0.39 is 24.0 Å². The molecule has 1 aromatic carbocycles. The fourth-order valence-corrected chi connectivity index (χ4v) is 3.13. The first-order valence-corrected chi connectivity index (χ1v) is 9.97. The Bertz CT molecular complexity index is 759. The van der Waals surface area contributed by atoms with Gasteiger partial charge in [0, 0.05) is 6.42 Å². The predicted octanol–water partition coefficient (Wildman–Crippen LogP) is 3.87. The number of methoxy groups -OCH3 is 1. The van der Waals surface area contributed by atoms with Gasteiger partial charge in [0.1, 0.15) is 24.5 Å². The summed E-state index contributed by atoms with van der Waals surface area (Å²) in [5.41, 5.74) is 0.907. The Morgan fingerprint density at radius 3 is 2.36 bits per heavy atom. The van der Waals surface area contributed by atoms with E-state index >= 15 is 0 Å². The van der Waals surface area contributed by atoms with Crippen molar-refractivity contribution >= 4 is 27.9 Å². The zero-order valence-corrected chi connectivity index (χ0v) is 17.9. The number of rotatable bonds is 10. The molecule has 1 N–H and O–H groups in total. The molecule has 1 unspecified atom stereocenters. The molecule has 0 fully saturated rings. The molecule has 0 saturated carbocycles. The Hall–Kier alpha value is -2.12. The number of furan rings is 1. The van der Waals surface area contributed by atoms with Crippen LogP contribution in [0.3, 0.4) is 0 Å². The number of hydrogen-bond donors (Lipinski definition) is 1. The average Bonchev–Trinajstić information content (AvgIpc) is 3.09. The lowest BCUT2D eigenvalue weighted by Crippen LogP contribution is -2.49. The molecule has 6 nitrogen and oxygen atoms in total. The third-order valence-corrected chi connectivity index (χ3v) is 4.56. The van der Waals surface area contributed by atoms with Gasteiger partial charge in [0.25, 0.3) is 0 Å². The van der Waals surface area contributed by atoms with Crippen LogP contribution in [0.5, 0.6) is 0 Å². The van der Waals surface area contributed by atoms with Crippen LogP contribution in [0.1, 0.15) is 31.6 Å². The van der Waals surface area contributed by atoms with E-state index in [9.17, 15) is 9.59 Å². The molecule has 1 heterocycles. The van der Waals surface area contributed by atoms with E-state index in [1.54, 1.807) is 12.1 Å². The van der Waals surface area contributed by atoms with Crippen molar-refractivity contribution < 1.29 is 23.5 Å². The number of ether oxygens (including phenoxy) is 2. The Kier molecular flexibility index (Phi) is 8.73. The topological polar surface area (TPSA) is 77.8 Å². The number of halogens is 1. The van der Waals surface area contributed by atoms with Gasteiger partial charge in [-0.2, -0.15) is 0 Å². The van der Waals surface area contributed by atoms with Crippen LogP contribution in [0.15, 0.2) is 51.6 Å². The monoisotopic (exact) mass is 451 g/mol. The second-order valence-corrected chi connectivity index (χ2v) is 7.71. The van der Waals surface area contributed by atoms with Crippen LogP contribution in [-0.2, 0) is 32.1 Å². The van der Waals surface area contributed by atoms with Gasteiger partial charge in [0.15, 0.2) is 4.67 Å². The number of hydrogen-bond acceptors (Lipinski definition) is 6. The molecule has 0 radical (unpaired) electrons. The number of benzene rings is 1. The molecular formula is C21H26BrNO5. The third kappa shape index (κ3) is 7.13. The standard InChI is InChI=1S/C21H26BrNO5/c1-14(2)11-17(21(25)27-13-15-7-5-4-6-8-15)23-18(20(24)26-3)12-16-9-10-19(22)28-16/h4-10,14,17-18,23H,11-13H2,1-3H3/t17?,18-/m0/s1. The zero-order valence-electron chi connectivity index (χ0n) is 16.3. The highest BCUT2D eigenvalue weighted by Crippen LogP contribution is 2.17. The van der Waals surface area contributed by atoms with Gasteiger partial charge in [-0.05, 0) is 46.0 Å². The maximum atomic E-state index is 12.7. The van der Waals surface area contributed by atoms with Gasteiger partial charge in [0.05, 0.1) is 7.11 Å². The molecule has 0 saturated heterocycles. The first kappa shape index (κ1) is 22.2. The summed E-state index contributed by atoms with van der Waals surface area (Å²) in [7, 11) is 1.32. The second kappa shape index (κ2) is 11.0. The van der Waals surface area contributed by atoms with Gasteiger partial charge < -0.3 is 13.9 Å².